The van der Waals surface area contributed by atoms with Gasteiger partial charge in [-0.05, 0) is 52.5 Å². The third-order valence-corrected chi connectivity index (χ3v) is 3.50. The van der Waals surface area contributed by atoms with E-state index in [1.54, 1.807) is 0 Å². The summed E-state index contributed by atoms with van der Waals surface area (Å²) in [7, 11) is 0. The second kappa shape index (κ2) is 4.63. The van der Waals surface area contributed by atoms with Crippen molar-refractivity contribution in [3.05, 3.63) is 0 Å². The van der Waals surface area contributed by atoms with Gasteiger partial charge in [-0.1, -0.05) is 6.92 Å². The summed E-state index contributed by atoms with van der Waals surface area (Å²) in [5.74, 6) is 0.870. The molecule has 84 valence electrons. The first-order valence-corrected chi connectivity index (χ1v) is 5.94. The molecular weight excluding hydrogens is 172 g/mol. The van der Waals surface area contributed by atoms with E-state index in [9.17, 15) is 0 Å². The summed E-state index contributed by atoms with van der Waals surface area (Å²) < 4.78 is 0. The van der Waals surface area contributed by atoms with Crippen molar-refractivity contribution in [1.82, 2.24) is 4.90 Å². The van der Waals surface area contributed by atoms with Crippen molar-refractivity contribution < 1.29 is 0 Å². The number of nitrogens with two attached hydrogens (primary N) is 1. The molecule has 1 fully saturated rings. The molecule has 14 heavy (non-hydrogen) atoms. The molecule has 0 aliphatic carbocycles. The molecule has 0 saturated carbocycles. The van der Waals surface area contributed by atoms with E-state index in [2.05, 4.69) is 32.6 Å². The van der Waals surface area contributed by atoms with Crippen LogP contribution in [0.5, 0.6) is 0 Å². The van der Waals surface area contributed by atoms with Crippen molar-refractivity contribution in [1.29, 1.82) is 0 Å². The highest BCUT2D eigenvalue weighted by Crippen LogP contribution is 2.34. The number of hydrogen-bond donors (Lipinski definition) is 1. The molecule has 1 heterocycles. The minimum absolute atomic E-state index is 0.367. The molecule has 0 aromatic rings. The average molecular weight is 198 g/mol. The molecule has 1 aliphatic heterocycles. The first-order chi connectivity index (χ1) is 6.47. The Labute approximate surface area is 88.8 Å². The number of likely N-dealkylation sites (tertiary alicyclic amines) is 1. The van der Waals surface area contributed by atoms with Crippen molar-refractivity contribution in [2.24, 2.45) is 11.7 Å². The van der Waals surface area contributed by atoms with Crippen LogP contribution < -0.4 is 5.73 Å². The lowest BCUT2D eigenvalue weighted by Crippen LogP contribution is -2.54. The second-order valence-electron chi connectivity index (χ2n) is 5.54. The van der Waals surface area contributed by atoms with Gasteiger partial charge >= 0.3 is 0 Å². The molecule has 0 aromatic carbocycles. The third-order valence-electron chi connectivity index (χ3n) is 3.50. The fourth-order valence-electron chi connectivity index (χ4n) is 3.14. The Kier molecular flexibility index (Phi) is 3.96. The summed E-state index contributed by atoms with van der Waals surface area (Å²) >= 11 is 0. The van der Waals surface area contributed by atoms with Gasteiger partial charge in [0.05, 0.1) is 0 Å². The van der Waals surface area contributed by atoms with Gasteiger partial charge in [0.25, 0.3) is 0 Å². The summed E-state index contributed by atoms with van der Waals surface area (Å²) in [6.45, 7) is 11.4. The van der Waals surface area contributed by atoms with Crippen LogP contribution in [-0.4, -0.2) is 29.6 Å². The summed E-state index contributed by atoms with van der Waals surface area (Å²) in [4.78, 5) is 2.64. The van der Waals surface area contributed by atoms with Crippen LogP contribution in [0.3, 0.4) is 0 Å². The van der Waals surface area contributed by atoms with Gasteiger partial charge in [-0.2, -0.15) is 0 Å². The monoisotopic (exact) mass is 198 g/mol. The normalized spacial score (nSPS) is 33.2. The molecule has 0 bridgehead atoms. The standard InChI is InChI=1S/C12H26N2/c1-10-8-11(2)14(7-5-6-13)12(3,4)9-10/h10-11H,5-9,13H2,1-4H3. The number of nitrogens with zero attached hydrogens (tertiary/aromatic N) is 1. The Morgan fingerprint density at radius 3 is 2.50 bits per heavy atom. The Balaban J connectivity index is 2.60. The van der Waals surface area contributed by atoms with Gasteiger partial charge in [-0.15, -0.1) is 0 Å². The quantitative estimate of drug-likeness (QED) is 0.753. The Morgan fingerprint density at radius 1 is 1.36 bits per heavy atom. The molecule has 0 amide bonds. The third kappa shape index (κ3) is 2.71. The average Bonchev–Trinajstić information content (AvgIpc) is 2.00. The smallest absolute Gasteiger partial charge is 0.0158 e. The zero-order valence-corrected chi connectivity index (χ0v) is 10.2. The molecule has 1 rings (SSSR count). The maximum Gasteiger partial charge on any atom is 0.0158 e. The van der Waals surface area contributed by atoms with Crippen LogP contribution in [-0.2, 0) is 0 Å². The summed E-state index contributed by atoms with van der Waals surface area (Å²) in [5, 5.41) is 0. The number of piperidine rings is 1. The van der Waals surface area contributed by atoms with Crippen molar-refractivity contribution >= 4 is 0 Å². The van der Waals surface area contributed by atoms with E-state index in [1.165, 1.54) is 12.8 Å². The lowest BCUT2D eigenvalue weighted by atomic mass is 9.80. The highest BCUT2D eigenvalue weighted by Gasteiger charge is 2.36. The molecular formula is C12H26N2. The molecule has 2 atom stereocenters. The summed E-state index contributed by atoms with van der Waals surface area (Å²) in [6.07, 6.45) is 3.79. The van der Waals surface area contributed by atoms with Crippen LogP contribution in [0.15, 0.2) is 0 Å². The first kappa shape index (κ1) is 12.0. The van der Waals surface area contributed by atoms with Crippen molar-refractivity contribution in [2.75, 3.05) is 13.1 Å². The van der Waals surface area contributed by atoms with E-state index in [0.29, 0.717) is 5.54 Å². The number of rotatable bonds is 3. The molecule has 2 nitrogen and oxygen atoms in total. The van der Waals surface area contributed by atoms with Gasteiger partial charge in [0.1, 0.15) is 0 Å². The first-order valence-electron chi connectivity index (χ1n) is 5.94. The van der Waals surface area contributed by atoms with E-state index >= 15 is 0 Å². The highest BCUT2D eigenvalue weighted by atomic mass is 15.2. The van der Waals surface area contributed by atoms with E-state index in [4.69, 9.17) is 5.73 Å². The topological polar surface area (TPSA) is 29.3 Å². The van der Waals surface area contributed by atoms with E-state index in [-0.39, 0.29) is 0 Å². The SMILES string of the molecule is CC1CC(C)N(CCCN)C(C)(C)C1. The second-order valence-corrected chi connectivity index (χ2v) is 5.54. The van der Waals surface area contributed by atoms with Gasteiger partial charge in [-0.3, -0.25) is 4.90 Å². The van der Waals surface area contributed by atoms with Crippen LogP contribution >= 0.6 is 0 Å². The maximum atomic E-state index is 5.58. The molecule has 0 spiro atoms. The molecule has 2 unspecified atom stereocenters. The molecule has 0 radical (unpaired) electrons. The minimum atomic E-state index is 0.367. The van der Waals surface area contributed by atoms with Crippen LogP contribution in [0.25, 0.3) is 0 Å². The van der Waals surface area contributed by atoms with Crippen LogP contribution in [0.2, 0.25) is 0 Å². The Morgan fingerprint density at radius 2 is 2.00 bits per heavy atom. The van der Waals surface area contributed by atoms with Crippen LogP contribution in [0, 0.1) is 5.92 Å². The summed E-state index contributed by atoms with van der Waals surface area (Å²) in [6, 6.07) is 0.722. The fraction of sp³-hybridized carbons (Fsp3) is 1.00. The largest absolute Gasteiger partial charge is 0.330 e. The van der Waals surface area contributed by atoms with Crippen molar-refractivity contribution in [3.8, 4) is 0 Å². The van der Waals surface area contributed by atoms with E-state index < -0.39 is 0 Å². The predicted molar refractivity (Wildman–Crippen MR) is 62.3 cm³/mol. The molecule has 1 saturated heterocycles. The van der Waals surface area contributed by atoms with Gasteiger partial charge in [0, 0.05) is 18.1 Å². The van der Waals surface area contributed by atoms with Gasteiger partial charge < -0.3 is 5.73 Å². The Hall–Kier alpha value is -0.0800. The number of hydrogen-bond acceptors (Lipinski definition) is 2. The highest BCUT2D eigenvalue weighted by molar-refractivity contribution is 4.91. The molecule has 1 aliphatic rings. The summed E-state index contributed by atoms with van der Waals surface area (Å²) in [5.41, 5.74) is 5.95. The maximum absolute atomic E-state index is 5.58. The molecule has 2 heteroatoms. The minimum Gasteiger partial charge on any atom is -0.330 e. The zero-order valence-electron chi connectivity index (χ0n) is 10.2. The lowest BCUT2D eigenvalue weighted by molar-refractivity contribution is 0.00789. The fourth-order valence-corrected chi connectivity index (χ4v) is 3.14. The van der Waals surface area contributed by atoms with Crippen molar-refractivity contribution in [3.63, 3.8) is 0 Å². The lowest BCUT2D eigenvalue weighted by Gasteiger charge is -2.49. The van der Waals surface area contributed by atoms with E-state index in [0.717, 1.165) is 31.5 Å². The van der Waals surface area contributed by atoms with Crippen LogP contribution in [0.1, 0.15) is 47.0 Å². The Bertz CT molecular complexity index is 177. The van der Waals surface area contributed by atoms with Gasteiger partial charge in [0.15, 0.2) is 0 Å². The van der Waals surface area contributed by atoms with E-state index in [1.807, 2.05) is 0 Å². The van der Waals surface area contributed by atoms with Crippen molar-refractivity contribution in [2.45, 2.75) is 58.5 Å². The van der Waals surface area contributed by atoms with Gasteiger partial charge in [0.2, 0.25) is 0 Å². The molecule has 2 N–H and O–H groups in total. The zero-order chi connectivity index (χ0) is 10.8. The van der Waals surface area contributed by atoms with Gasteiger partial charge in [-0.25, -0.2) is 0 Å². The van der Waals surface area contributed by atoms with Crippen LogP contribution in [0.4, 0.5) is 0 Å². The molecule has 0 aromatic heterocycles. The predicted octanol–water partition coefficient (Wildman–Crippen LogP) is 2.23.